The van der Waals surface area contributed by atoms with Crippen LogP contribution in [0, 0.1) is 0 Å². The molecule has 1 atom stereocenters. The van der Waals surface area contributed by atoms with E-state index in [9.17, 15) is 14.4 Å². The van der Waals surface area contributed by atoms with Crippen molar-refractivity contribution in [3.05, 3.63) is 160 Å². The number of nitrogens with zero attached hydrogens (tertiary/aromatic N) is 1. The minimum absolute atomic E-state index is 0.0107. The molecule has 0 aliphatic heterocycles. The van der Waals surface area contributed by atoms with Gasteiger partial charge in [0.15, 0.2) is 0 Å². The molecule has 5 rings (SSSR count). The topological polar surface area (TPSA) is 100 Å². The summed E-state index contributed by atoms with van der Waals surface area (Å²) in [6.45, 7) is 0. The molecule has 10 heteroatoms. The fourth-order valence-corrected chi connectivity index (χ4v) is 5.70. The number of benzene rings is 4. The third-order valence-corrected chi connectivity index (χ3v) is 8.27. The van der Waals surface area contributed by atoms with Crippen molar-refractivity contribution in [3.63, 3.8) is 0 Å². The van der Waals surface area contributed by atoms with E-state index in [1.165, 1.54) is 17.8 Å². The molecule has 0 fully saturated rings. The van der Waals surface area contributed by atoms with Gasteiger partial charge in [0.05, 0.1) is 0 Å². The van der Waals surface area contributed by atoms with Crippen molar-refractivity contribution >= 4 is 70.1 Å². The first-order valence-electron chi connectivity index (χ1n) is 13.7. The van der Waals surface area contributed by atoms with Crippen molar-refractivity contribution in [1.82, 2.24) is 10.3 Å². The summed E-state index contributed by atoms with van der Waals surface area (Å²) in [5, 5.41) is 8.71. The largest absolute Gasteiger partial charge is 0.325 e. The third-order valence-electron chi connectivity index (χ3n) is 6.45. The highest BCUT2D eigenvalue weighted by Crippen LogP contribution is 2.36. The van der Waals surface area contributed by atoms with E-state index in [4.69, 9.17) is 23.2 Å². The minimum atomic E-state index is -0.551. The van der Waals surface area contributed by atoms with Crippen LogP contribution in [0.5, 0.6) is 0 Å². The lowest BCUT2D eigenvalue weighted by Crippen LogP contribution is -2.30. The maximum Gasteiger partial charge on any atom is 0.272 e. The van der Waals surface area contributed by atoms with Gasteiger partial charge < -0.3 is 16.0 Å². The van der Waals surface area contributed by atoms with E-state index in [0.717, 1.165) is 10.5 Å². The number of amides is 3. The molecule has 45 heavy (non-hydrogen) atoms. The Balaban J connectivity index is 1.34. The van der Waals surface area contributed by atoms with Crippen LogP contribution in [0.1, 0.15) is 26.7 Å². The molecular weight excluding hydrogens is 627 g/mol. The summed E-state index contributed by atoms with van der Waals surface area (Å²) >= 11 is 13.8. The van der Waals surface area contributed by atoms with Crippen molar-refractivity contribution in [2.75, 3.05) is 10.6 Å². The van der Waals surface area contributed by atoms with Gasteiger partial charge in [-0.25, -0.2) is 0 Å². The number of anilines is 2. The van der Waals surface area contributed by atoms with Gasteiger partial charge >= 0.3 is 0 Å². The van der Waals surface area contributed by atoms with E-state index in [1.54, 1.807) is 85.2 Å². The maximum absolute atomic E-state index is 13.4. The van der Waals surface area contributed by atoms with Crippen molar-refractivity contribution in [1.29, 1.82) is 0 Å². The molecule has 4 aromatic carbocycles. The second-order valence-electron chi connectivity index (χ2n) is 9.66. The Kier molecular flexibility index (Phi) is 10.7. The number of thioether (sulfide) groups is 1. The Morgan fingerprint density at radius 2 is 1.38 bits per heavy atom. The lowest BCUT2D eigenvalue weighted by atomic mass is 10.1. The highest BCUT2D eigenvalue weighted by atomic mass is 35.5. The van der Waals surface area contributed by atoms with E-state index < -0.39 is 17.1 Å². The molecule has 1 aromatic heterocycles. The average Bonchev–Trinajstić information content (AvgIpc) is 3.06. The van der Waals surface area contributed by atoms with Crippen molar-refractivity contribution in [2.45, 2.75) is 10.1 Å². The SMILES string of the molecule is O=C(Nc1ccc(SC(C(=O)Nc2ccncc2)c2ccccc2)cc1)/C(=C/c1ccc(Cl)cc1Cl)NC(=O)c1ccccc1. The quantitative estimate of drug-likeness (QED) is 0.104. The first-order valence-corrected chi connectivity index (χ1v) is 15.4. The molecule has 0 bridgehead atoms. The van der Waals surface area contributed by atoms with E-state index in [-0.39, 0.29) is 11.6 Å². The maximum atomic E-state index is 13.4. The predicted molar refractivity (Wildman–Crippen MR) is 181 cm³/mol. The molecule has 0 aliphatic carbocycles. The first kappa shape index (κ1) is 31.5. The third kappa shape index (κ3) is 8.83. The van der Waals surface area contributed by atoms with Gasteiger partial charge in [-0.3, -0.25) is 19.4 Å². The molecule has 0 radical (unpaired) electrons. The summed E-state index contributed by atoms with van der Waals surface area (Å²) in [4.78, 5) is 44.5. The molecule has 224 valence electrons. The lowest BCUT2D eigenvalue weighted by Gasteiger charge is -2.17. The second-order valence-corrected chi connectivity index (χ2v) is 11.7. The molecule has 3 amide bonds. The van der Waals surface area contributed by atoms with Crippen LogP contribution in [-0.4, -0.2) is 22.7 Å². The monoisotopic (exact) mass is 652 g/mol. The number of carbonyl (C=O) groups is 3. The Bertz CT molecular complexity index is 1820. The van der Waals surface area contributed by atoms with Crippen LogP contribution in [-0.2, 0) is 9.59 Å². The van der Waals surface area contributed by atoms with E-state index in [1.807, 2.05) is 42.5 Å². The Labute approximate surface area is 274 Å². The number of pyridine rings is 1. The summed E-state index contributed by atoms with van der Waals surface area (Å²) in [6.07, 6.45) is 4.72. The number of halogens is 2. The van der Waals surface area contributed by atoms with Gasteiger partial charge in [-0.2, -0.15) is 0 Å². The molecule has 3 N–H and O–H groups in total. The second kappa shape index (κ2) is 15.2. The molecule has 1 unspecified atom stereocenters. The summed E-state index contributed by atoms with van der Waals surface area (Å²) < 4.78 is 0. The number of nitrogens with one attached hydrogen (secondary N) is 3. The fourth-order valence-electron chi connectivity index (χ4n) is 4.21. The number of hydrogen-bond donors (Lipinski definition) is 3. The normalized spacial score (nSPS) is 11.7. The zero-order valence-corrected chi connectivity index (χ0v) is 25.9. The van der Waals surface area contributed by atoms with Gasteiger partial charge in [-0.05, 0) is 77.9 Å². The molecule has 0 spiro atoms. The zero-order chi connectivity index (χ0) is 31.6. The lowest BCUT2D eigenvalue weighted by molar-refractivity contribution is -0.116. The van der Waals surface area contributed by atoms with Gasteiger partial charge in [-0.15, -0.1) is 11.8 Å². The fraction of sp³-hybridized carbons (Fsp3) is 0.0286. The molecule has 7 nitrogen and oxygen atoms in total. The Morgan fingerprint density at radius 1 is 0.733 bits per heavy atom. The van der Waals surface area contributed by atoms with Gasteiger partial charge in [0, 0.05) is 44.3 Å². The van der Waals surface area contributed by atoms with Crippen molar-refractivity contribution in [2.24, 2.45) is 0 Å². The average molecular weight is 654 g/mol. The van der Waals surface area contributed by atoms with Crippen LogP contribution in [0.15, 0.2) is 138 Å². The number of aromatic nitrogens is 1. The highest BCUT2D eigenvalue weighted by molar-refractivity contribution is 8.00. The molecule has 0 saturated carbocycles. The van der Waals surface area contributed by atoms with Crippen LogP contribution in [0.4, 0.5) is 11.4 Å². The molecule has 5 aromatic rings. The van der Waals surface area contributed by atoms with Crippen LogP contribution in [0.2, 0.25) is 10.0 Å². The van der Waals surface area contributed by atoms with Gasteiger partial charge in [0.25, 0.3) is 11.8 Å². The molecule has 0 saturated heterocycles. The highest BCUT2D eigenvalue weighted by Gasteiger charge is 2.22. The Hall–Kier alpha value is -4.89. The van der Waals surface area contributed by atoms with Crippen molar-refractivity contribution < 1.29 is 14.4 Å². The smallest absolute Gasteiger partial charge is 0.272 e. The number of carbonyl (C=O) groups excluding carboxylic acids is 3. The zero-order valence-electron chi connectivity index (χ0n) is 23.6. The van der Waals surface area contributed by atoms with E-state index in [2.05, 4.69) is 20.9 Å². The van der Waals surface area contributed by atoms with Crippen LogP contribution in [0.3, 0.4) is 0 Å². The number of hydrogen-bond acceptors (Lipinski definition) is 5. The van der Waals surface area contributed by atoms with E-state index in [0.29, 0.717) is 32.5 Å². The van der Waals surface area contributed by atoms with Crippen LogP contribution in [0.25, 0.3) is 6.08 Å². The van der Waals surface area contributed by atoms with Crippen LogP contribution < -0.4 is 16.0 Å². The molecule has 0 aliphatic rings. The van der Waals surface area contributed by atoms with Gasteiger partial charge in [0.2, 0.25) is 5.91 Å². The molecule has 1 heterocycles. The number of rotatable bonds is 10. The standard InChI is InChI=1S/C35H26Cl2N4O3S/c36-26-12-11-25(30(37)22-26)21-31(41-33(42)24-9-5-2-6-10-24)34(43)39-27-13-15-29(16-14-27)45-32(23-7-3-1-4-8-23)35(44)40-28-17-19-38-20-18-28/h1-22,32H,(H,39,43)(H,41,42)(H,38,40,44)/b31-21-. The predicted octanol–water partition coefficient (Wildman–Crippen LogP) is 8.27. The van der Waals surface area contributed by atoms with Crippen LogP contribution >= 0.6 is 35.0 Å². The van der Waals surface area contributed by atoms with E-state index >= 15 is 0 Å². The Morgan fingerprint density at radius 3 is 2.04 bits per heavy atom. The molecular formula is C35H26Cl2N4O3S. The van der Waals surface area contributed by atoms with Gasteiger partial charge in [-0.1, -0.05) is 77.8 Å². The van der Waals surface area contributed by atoms with Crippen molar-refractivity contribution in [3.8, 4) is 0 Å². The summed E-state index contributed by atoms with van der Waals surface area (Å²) in [5.41, 5.74) is 2.87. The summed E-state index contributed by atoms with van der Waals surface area (Å²) in [6, 6.07) is 33.5. The van der Waals surface area contributed by atoms with Gasteiger partial charge in [0.1, 0.15) is 10.9 Å². The minimum Gasteiger partial charge on any atom is -0.325 e. The summed E-state index contributed by atoms with van der Waals surface area (Å²) in [5.74, 6) is -1.19. The summed E-state index contributed by atoms with van der Waals surface area (Å²) in [7, 11) is 0. The first-order chi connectivity index (χ1) is 21.9.